The molecule has 0 saturated heterocycles. The zero-order valence-corrected chi connectivity index (χ0v) is 5.60. The first-order valence-corrected chi connectivity index (χ1v) is 2.27. The van der Waals surface area contributed by atoms with Gasteiger partial charge >= 0.3 is 5.97 Å². The number of aliphatic hydroxyl groups excluding tert-OH is 1. The Morgan fingerprint density at radius 2 is 2.11 bits per heavy atom. The molecule has 0 fully saturated rings. The van der Waals surface area contributed by atoms with Crippen molar-refractivity contribution < 1.29 is 15.0 Å². The fraction of sp³-hybridized carbons (Fsp3) is 0.750. The molecule has 0 saturated carbocycles. The van der Waals surface area contributed by atoms with Gasteiger partial charge in [-0.3, -0.25) is 4.79 Å². The largest absolute Gasteiger partial charge is 0.480 e. The number of aliphatic hydroxyl groups is 1. The van der Waals surface area contributed by atoms with E-state index in [1.165, 1.54) is 0 Å². The summed E-state index contributed by atoms with van der Waals surface area (Å²) in [4.78, 5) is 9.85. The number of hydrogen-bond acceptors (Lipinski definition) is 3. The van der Waals surface area contributed by atoms with Crippen molar-refractivity contribution >= 4 is 18.4 Å². The molecule has 0 aromatic rings. The number of halogens is 1. The van der Waals surface area contributed by atoms with Crippen LogP contribution >= 0.6 is 12.4 Å². The molecule has 0 bridgehead atoms. The molecule has 4 nitrogen and oxygen atoms in total. The van der Waals surface area contributed by atoms with Crippen LogP contribution in [-0.2, 0) is 4.79 Å². The molecular weight excluding hydrogens is 146 g/mol. The quantitative estimate of drug-likeness (QED) is 0.499. The molecular formula is C4H10ClNO3. The van der Waals surface area contributed by atoms with Crippen molar-refractivity contribution in [2.24, 2.45) is 5.73 Å². The van der Waals surface area contributed by atoms with Gasteiger partial charge in [0.15, 0.2) is 0 Å². The summed E-state index contributed by atoms with van der Waals surface area (Å²) in [5.41, 5.74) is 4.97. The third kappa shape index (κ3) is 5.55. The van der Waals surface area contributed by atoms with E-state index >= 15 is 0 Å². The number of nitrogens with two attached hydrogens (primary N) is 1. The van der Waals surface area contributed by atoms with Crippen LogP contribution in [0, 0.1) is 0 Å². The maximum atomic E-state index is 9.85. The molecule has 0 amide bonds. The molecule has 9 heavy (non-hydrogen) atoms. The Kier molecular flexibility index (Phi) is 7.41. The Morgan fingerprint density at radius 1 is 1.67 bits per heavy atom. The number of rotatable bonds is 3. The molecule has 56 valence electrons. The van der Waals surface area contributed by atoms with Gasteiger partial charge in [0.05, 0.1) is 0 Å². The summed E-state index contributed by atoms with van der Waals surface area (Å²) in [6.45, 7) is -0.173. The lowest BCUT2D eigenvalue weighted by atomic mass is 10.2. The van der Waals surface area contributed by atoms with Crippen molar-refractivity contribution in [2.45, 2.75) is 12.5 Å². The SMILES string of the molecule is Cl.N[C@@H](CCO)C(=O)O. The van der Waals surface area contributed by atoms with Crippen LogP contribution in [0.25, 0.3) is 0 Å². The zero-order chi connectivity index (χ0) is 6.57. The molecule has 0 spiro atoms. The highest BCUT2D eigenvalue weighted by Crippen LogP contribution is 1.83. The van der Waals surface area contributed by atoms with Crippen molar-refractivity contribution in [3.63, 3.8) is 0 Å². The molecule has 0 aliphatic heterocycles. The van der Waals surface area contributed by atoms with E-state index < -0.39 is 12.0 Å². The summed E-state index contributed by atoms with van der Waals surface area (Å²) >= 11 is 0. The van der Waals surface area contributed by atoms with Gasteiger partial charge in [-0.1, -0.05) is 0 Å². The fourth-order valence-corrected chi connectivity index (χ4v) is 0.263. The summed E-state index contributed by atoms with van der Waals surface area (Å²) in [6.07, 6.45) is 0.120. The van der Waals surface area contributed by atoms with Crippen LogP contribution in [0.5, 0.6) is 0 Å². The van der Waals surface area contributed by atoms with E-state index in [9.17, 15) is 4.79 Å². The van der Waals surface area contributed by atoms with Crippen LogP contribution in [0.4, 0.5) is 0 Å². The molecule has 0 radical (unpaired) electrons. The van der Waals surface area contributed by atoms with Gasteiger partial charge in [-0.2, -0.15) is 0 Å². The molecule has 0 aliphatic carbocycles. The molecule has 0 aliphatic rings. The van der Waals surface area contributed by atoms with E-state index in [1.807, 2.05) is 0 Å². The van der Waals surface area contributed by atoms with Crippen LogP contribution in [-0.4, -0.2) is 28.8 Å². The van der Waals surface area contributed by atoms with Gasteiger partial charge in [-0.05, 0) is 6.42 Å². The van der Waals surface area contributed by atoms with Crippen LogP contribution < -0.4 is 5.73 Å². The maximum absolute atomic E-state index is 9.85. The summed E-state index contributed by atoms with van der Waals surface area (Å²) in [7, 11) is 0. The first-order valence-electron chi connectivity index (χ1n) is 2.27. The van der Waals surface area contributed by atoms with Crippen molar-refractivity contribution in [3.8, 4) is 0 Å². The van der Waals surface area contributed by atoms with E-state index in [-0.39, 0.29) is 25.4 Å². The van der Waals surface area contributed by atoms with Crippen molar-refractivity contribution in [2.75, 3.05) is 6.61 Å². The van der Waals surface area contributed by atoms with Crippen molar-refractivity contribution in [1.29, 1.82) is 0 Å². The Bertz CT molecular complexity index is 87.9. The van der Waals surface area contributed by atoms with Crippen LogP contribution in [0.15, 0.2) is 0 Å². The van der Waals surface area contributed by atoms with E-state index in [4.69, 9.17) is 15.9 Å². The van der Waals surface area contributed by atoms with Gasteiger partial charge in [0, 0.05) is 6.61 Å². The second-order valence-corrected chi connectivity index (χ2v) is 1.46. The highest BCUT2D eigenvalue weighted by Gasteiger charge is 2.08. The number of hydrogen-bond donors (Lipinski definition) is 3. The first-order chi connectivity index (χ1) is 3.68. The average molecular weight is 156 g/mol. The Morgan fingerprint density at radius 3 is 2.22 bits per heavy atom. The van der Waals surface area contributed by atoms with E-state index in [0.717, 1.165) is 0 Å². The monoisotopic (exact) mass is 155 g/mol. The minimum Gasteiger partial charge on any atom is -0.480 e. The predicted molar refractivity (Wildman–Crippen MR) is 34.6 cm³/mol. The molecule has 0 heterocycles. The minimum absolute atomic E-state index is 0. The van der Waals surface area contributed by atoms with Gasteiger partial charge < -0.3 is 15.9 Å². The Hall–Kier alpha value is -0.320. The second-order valence-electron chi connectivity index (χ2n) is 1.46. The van der Waals surface area contributed by atoms with Crippen molar-refractivity contribution in [1.82, 2.24) is 0 Å². The number of carboxylic acids is 1. The van der Waals surface area contributed by atoms with E-state index in [0.29, 0.717) is 0 Å². The summed E-state index contributed by atoms with van der Waals surface area (Å²) in [5.74, 6) is -1.07. The highest BCUT2D eigenvalue weighted by atomic mass is 35.5. The maximum Gasteiger partial charge on any atom is 0.320 e. The zero-order valence-electron chi connectivity index (χ0n) is 4.78. The molecule has 1 atom stereocenters. The lowest BCUT2D eigenvalue weighted by Gasteiger charge is -2.00. The number of aliphatic carboxylic acids is 1. The van der Waals surface area contributed by atoms with Gasteiger partial charge in [-0.15, -0.1) is 12.4 Å². The fourth-order valence-electron chi connectivity index (χ4n) is 0.263. The Balaban J connectivity index is 0. The normalized spacial score (nSPS) is 11.8. The van der Waals surface area contributed by atoms with Crippen LogP contribution in [0.1, 0.15) is 6.42 Å². The molecule has 0 rings (SSSR count). The predicted octanol–water partition coefficient (Wildman–Crippen LogP) is -0.798. The molecule has 4 N–H and O–H groups in total. The summed E-state index contributed by atoms with van der Waals surface area (Å²) in [5, 5.41) is 16.2. The third-order valence-corrected chi connectivity index (χ3v) is 0.757. The van der Waals surface area contributed by atoms with Gasteiger partial charge in [-0.25, -0.2) is 0 Å². The number of carbonyl (C=O) groups is 1. The lowest BCUT2D eigenvalue weighted by molar-refractivity contribution is -0.138. The van der Waals surface area contributed by atoms with Crippen LogP contribution in [0.3, 0.4) is 0 Å². The number of carboxylic acid groups (broad SMARTS) is 1. The molecule has 0 aromatic heterocycles. The lowest BCUT2D eigenvalue weighted by Crippen LogP contribution is -2.30. The first kappa shape index (κ1) is 11.5. The highest BCUT2D eigenvalue weighted by molar-refractivity contribution is 5.85. The standard InChI is InChI=1S/C4H9NO3.ClH/c5-3(1-2-6)4(7)8;/h3,6H,1-2,5H2,(H,7,8);1H/t3-;/m0./s1. The van der Waals surface area contributed by atoms with Gasteiger partial charge in [0.25, 0.3) is 0 Å². The molecule has 5 heteroatoms. The van der Waals surface area contributed by atoms with Gasteiger partial charge in [0.2, 0.25) is 0 Å². The average Bonchev–Trinajstić information content (AvgIpc) is 1.67. The van der Waals surface area contributed by atoms with E-state index in [2.05, 4.69) is 0 Å². The van der Waals surface area contributed by atoms with Gasteiger partial charge in [0.1, 0.15) is 6.04 Å². The Labute approximate surface area is 59.1 Å². The molecule has 0 unspecified atom stereocenters. The topological polar surface area (TPSA) is 83.5 Å². The van der Waals surface area contributed by atoms with Crippen LogP contribution in [0.2, 0.25) is 0 Å². The third-order valence-electron chi connectivity index (χ3n) is 0.757. The van der Waals surface area contributed by atoms with Crippen molar-refractivity contribution in [3.05, 3.63) is 0 Å². The van der Waals surface area contributed by atoms with E-state index in [1.54, 1.807) is 0 Å². The smallest absolute Gasteiger partial charge is 0.320 e. The molecule has 0 aromatic carbocycles. The summed E-state index contributed by atoms with van der Waals surface area (Å²) in [6, 6.07) is -0.917. The summed E-state index contributed by atoms with van der Waals surface area (Å²) < 4.78 is 0. The minimum atomic E-state index is -1.07. The second kappa shape index (κ2) is 5.81.